The number of carbonyl (C=O) groups is 1. The van der Waals surface area contributed by atoms with Crippen LogP contribution in [0.1, 0.15) is 93.6 Å². The second-order valence-corrected chi connectivity index (χ2v) is 18.9. The van der Waals surface area contributed by atoms with Crippen LogP contribution in [0.3, 0.4) is 0 Å². The molecule has 1 atom stereocenters. The van der Waals surface area contributed by atoms with E-state index in [9.17, 15) is 9.90 Å². The van der Waals surface area contributed by atoms with E-state index in [1.165, 1.54) is 6.07 Å². The zero-order valence-electron chi connectivity index (χ0n) is 26.7. The predicted molar refractivity (Wildman–Crippen MR) is 167 cm³/mol. The van der Waals surface area contributed by atoms with Crippen LogP contribution in [0, 0.1) is 5.82 Å². The Morgan fingerprint density at radius 3 is 2.34 bits per heavy atom. The zero-order valence-corrected chi connectivity index (χ0v) is 27.7. The smallest absolute Gasteiger partial charge is 0.410 e. The fraction of sp³-hybridized carbons (Fsp3) is 0.667. The summed E-state index contributed by atoms with van der Waals surface area (Å²) in [6, 6.07) is 6.80. The molecule has 1 heterocycles. The minimum atomic E-state index is -2.21. The lowest BCUT2D eigenvalue weighted by Crippen LogP contribution is -2.50. The molecule has 1 saturated heterocycles. The number of carbonyl (C=O) groups excluding carboxylic acids is 1. The van der Waals surface area contributed by atoms with Crippen LogP contribution >= 0.6 is 0 Å². The number of aryl methyl sites for hydroxylation is 1. The minimum absolute atomic E-state index is 0.0452. The molecule has 1 aliphatic rings. The van der Waals surface area contributed by atoms with Crippen LogP contribution in [0.4, 0.5) is 9.18 Å². The number of phenols is 1. The van der Waals surface area contributed by atoms with Crippen molar-refractivity contribution in [1.29, 1.82) is 0 Å². The Bertz CT molecular complexity index is 1150. The fourth-order valence-corrected chi connectivity index (χ4v) is 11.8. The summed E-state index contributed by atoms with van der Waals surface area (Å²) >= 11 is 0. The average molecular weight is 590 g/mol. The molecule has 1 amide bonds. The third-order valence-electron chi connectivity index (χ3n) is 8.33. The van der Waals surface area contributed by atoms with Gasteiger partial charge in [-0.1, -0.05) is 47.6 Å². The van der Waals surface area contributed by atoms with Gasteiger partial charge in [0.25, 0.3) is 8.32 Å². The molecule has 0 aromatic heterocycles. The number of halogens is 1. The highest BCUT2D eigenvalue weighted by atomic mass is 28.4. The van der Waals surface area contributed by atoms with E-state index in [1.54, 1.807) is 17.0 Å². The van der Waals surface area contributed by atoms with Gasteiger partial charge in [0, 0.05) is 24.6 Å². The first-order valence-electron chi connectivity index (χ1n) is 15.4. The van der Waals surface area contributed by atoms with E-state index in [2.05, 4.69) is 41.5 Å². The summed E-state index contributed by atoms with van der Waals surface area (Å²) in [5, 5.41) is 12.4. The number of hydrogen-bond acceptors (Lipinski definition) is 5. The van der Waals surface area contributed by atoms with Gasteiger partial charge in [0.15, 0.2) is 0 Å². The lowest BCUT2D eigenvalue weighted by molar-refractivity contribution is 0.000748. The minimum Gasteiger partial charge on any atom is -0.543 e. The van der Waals surface area contributed by atoms with E-state index in [1.807, 2.05) is 26.8 Å². The summed E-state index contributed by atoms with van der Waals surface area (Å²) in [6.45, 7) is 20.6. The average Bonchev–Trinajstić information content (AvgIpc) is 3.10. The van der Waals surface area contributed by atoms with Crippen molar-refractivity contribution < 1.29 is 28.2 Å². The Morgan fingerprint density at radius 2 is 1.73 bits per heavy atom. The Hall–Kier alpha value is -2.32. The standard InChI is InChI=1S/C33H52FNO5Si/c1-22(2)41(23(3)4,24(5)6)40-27-19-25-15-16-29(34)28(31(25)30(36)20-27)14-12-18-38-26-13-10-11-17-35(21-26)32(37)39-33(7,8)9/h15-16,19-20,22-24,26,36H,10-14,17-18,21H2,1-9H3. The number of phenolic OH excluding ortho intramolecular Hbond substituents is 1. The molecule has 230 valence electrons. The van der Waals surface area contributed by atoms with Gasteiger partial charge < -0.3 is 23.9 Å². The lowest BCUT2D eigenvalue weighted by Gasteiger charge is -2.42. The van der Waals surface area contributed by atoms with Crippen LogP contribution in [0.15, 0.2) is 24.3 Å². The van der Waals surface area contributed by atoms with Gasteiger partial charge in [0.2, 0.25) is 0 Å². The van der Waals surface area contributed by atoms with Gasteiger partial charge >= 0.3 is 6.09 Å². The highest BCUT2D eigenvalue weighted by Crippen LogP contribution is 2.44. The van der Waals surface area contributed by atoms with Gasteiger partial charge in [-0.2, -0.15) is 0 Å². The zero-order chi connectivity index (χ0) is 30.5. The number of rotatable bonds is 10. The molecule has 8 heteroatoms. The Morgan fingerprint density at radius 1 is 1.07 bits per heavy atom. The van der Waals surface area contributed by atoms with Crippen LogP contribution in [-0.4, -0.2) is 55.8 Å². The van der Waals surface area contributed by atoms with Gasteiger partial charge in [-0.15, -0.1) is 0 Å². The number of ether oxygens (including phenoxy) is 2. The number of amides is 1. The van der Waals surface area contributed by atoms with E-state index < -0.39 is 13.9 Å². The number of likely N-dealkylation sites (tertiary alicyclic amines) is 1. The fourth-order valence-electron chi connectivity index (χ4n) is 6.56. The highest BCUT2D eigenvalue weighted by molar-refractivity contribution is 6.78. The Balaban J connectivity index is 1.71. The van der Waals surface area contributed by atoms with Crippen molar-refractivity contribution in [3.63, 3.8) is 0 Å². The maximum Gasteiger partial charge on any atom is 0.410 e. The molecule has 2 aromatic carbocycles. The quantitative estimate of drug-likeness (QED) is 0.221. The summed E-state index contributed by atoms with van der Waals surface area (Å²) in [6.07, 6.45) is 3.42. The number of nitrogens with zero attached hydrogens (tertiary/aromatic N) is 1. The van der Waals surface area contributed by atoms with E-state index in [4.69, 9.17) is 13.9 Å². The first-order chi connectivity index (χ1) is 19.2. The molecule has 0 bridgehead atoms. The van der Waals surface area contributed by atoms with E-state index in [0.29, 0.717) is 65.9 Å². The Labute approximate surface area is 247 Å². The maximum atomic E-state index is 15.1. The van der Waals surface area contributed by atoms with Gasteiger partial charge in [0.1, 0.15) is 22.9 Å². The first kappa shape index (κ1) is 33.2. The lowest BCUT2D eigenvalue weighted by atomic mass is 9.99. The van der Waals surface area contributed by atoms with Gasteiger partial charge in [-0.3, -0.25) is 0 Å². The topological polar surface area (TPSA) is 68.2 Å². The molecule has 2 aromatic rings. The van der Waals surface area contributed by atoms with Crippen LogP contribution in [0.25, 0.3) is 10.8 Å². The van der Waals surface area contributed by atoms with Crippen LogP contribution < -0.4 is 4.43 Å². The number of fused-ring (bicyclic) bond motifs is 1. The van der Waals surface area contributed by atoms with Crippen LogP contribution in [0.5, 0.6) is 11.5 Å². The van der Waals surface area contributed by atoms with E-state index >= 15 is 4.39 Å². The number of aromatic hydroxyl groups is 1. The molecule has 0 saturated carbocycles. The second kappa shape index (κ2) is 13.8. The molecular formula is C33H52FNO5Si. The van der Waals surface area contributed by atoms with Gasteiger partial charge in [-0.05, 0) is 92.6 Å². The molecule has 1 aliphatic heterocycles. The number of hydrogen-bond donors (Lipinski definition) is 1. The normalized spacial score (nSPS) is 17.0. The molecule has 6 nitrogen and oxygen atoms in total. The predicted octanol–water partition coefficient (Wildman–Crippen LogP) is 8.98. The summed E-state index contributed by atoms with van der Waals surface area (Å²) in [7, 11) is -2.21. The van der Waals surface area contributed by atoms with Crippen molar-refractivity contribution in [2.45, 2.75) is 123 Å². The Kier molecular flexibility index (Phi) is 11.1. The molecule has 0 spiro atoms. The van der Waals surface area contributed by atoms with Crippen LogP contribution in [0.2, 0.25) is 16.6 Å². The molecule has 0 radical (unpaired) electrons. The third kappa shape index (κ3) is 8.16. The third-order valence-corrected chi connectivity index (χ3v) is 14.3. The molecule has 41 heavy (non-hydrogen) atoms. The van der Waals surface area contributed by atoms with Crippen molar-refractivity contribution in [2.24, 2.45) is 0 Å². The summed E-state index contributed by atoms with van der Waals surface area (Å²) in [5.74, 6) is 0.368. The summed E-state index contributed by atoms with van der Waals surface area (Å²) < 4.78 is 33.6. The molecule has 1 N–H and O–H groups in total. The molecule has 3 rings (SSSR count). The van der Waals surface area contributed by atoms with Gasteiger partial charge in [0.05, 0.1) is 12.6 Å². The van der Waals surface area contributed by atoms with E-state index in [-0.39, 0.29) is 23.8 Å². The van der Waals surface area contributed by atoms with Crippen molar-refractivity contribution in [3.05, 3.63) is 35.6 Å². The largest absolute Gasteiger partial charge is 0.543 e. The number of benzene rings is 2. The molecule has 0 aliphatic carbocycles. The second-order valence-electron chi connectivity index (χ2n) is 13.5. The molecular weight excluding hydrogens is 537 g/mol. The first-order valence-corrected chi connectivity index (χ1v) is 17.5. The van der Waals surface area contributed by atoms with Crippen molar-refractivity contribution >= 4 is 25.2 Å². The van der Waals surface area contributed by atoms with Crippen molar-refractivity contribution in [1.82, 2.24) is 4.90 Å². The monoisotopic (exact) mass is 589 g/mol. The van der Waals surface area contributed by atoms with Crippen molar-refractivity contribution in [3.8, 4) is 11.5 Å². The van der Waals surface area contributed by atoms with E-state index in [0.717, 1.165) is 24.6 Å². The molecule has 1 fully saturated rings. The highest BCUT2D eigenvalue weighted by Gasteiger charge is 2.47. The summed E-state index contributed by atoms with van der Waals surface area (Å²) in [5.41, 5.74) is 1.14. The molecule has 1 unspecified atom stereocenters. The maximum absolute atomic E-state index is 15.1. The van der Waals surface area contributed by atoms with Crippen molar-refractivity contribution in [2.75, 3.05) is 19.7 Å². The summed E-state index contributed by atoms with van der Waals surface area (Å²) in [4.78, 5) is 14.3. The SMILES string of the molecule is CC(C)[Si](Oc1cc(O)c2c(CCCOC3CCCCN(C(=O)OC(C)(C)C)C3)c(F)ccc2c1)(C(C)C)C(C)C. The van der Waals surface area contributed by atoms with Crippen LogP contribution in [-0.2, 0) is 15.9 Å². The van der Waals surface area contributed by atoms with Gasteiger partial charge in [-0.25, -0.2) is 9.18 Å².